The molecule has 0 aliphatic carbocycles. The van der Waals surface area contributed by atoms with Gasteiger partial charge in [0, 0.05) is 26.1 Å². The van der Waals surface area contributed by atoms with E-state index in [2.05, 4.69) is 15.5 Å². The molecule has 2 aliphatic heterocycles. The topological polar surface area (TPSA) is 83.1 Å². The number of benzene rings is 1. The number of cyclic esters (lactones) is 1. The number of nitrogens with one attached hydrogen (secondary N) is 2. The maximum absolute atomic E-state index is 14.5. The Kier molecular flexibility index (Phi) is 7.27. The van der Waals surface area contributed by atoms with E-state index in [1.54, 1.807) is 6.07 Å². The van der Waals surface area contributed by atoms with Crippen molar-refractivity contribution in [2.24, 2.45) is 5.92 Å². The Morgan fingerprint density at radius 3 is 3.00 bits per heavy atom. The van der Waals surface area contributed by atoms with Crippen molar-refractivity contribution in [3.05, 3.63) is 24.0 Å². The number of hydrogen-bond acceptors (Lipinski definition) is 6. The van der Waals surface area contributed by atoms with Crippen molar-refractivity contribution in [3.8, 4) is 5.75 Å². The van der Waals surface area contributed by atoms with Crippen molar-refractivity contribution in [1.82, 2.24) is 15.5 Å². The first-order chi connectivity index (χ1) is 13.9. The third kappa shape index (κ3) is 6.04. The minimum atomic E-state index is -0.559. The summed E-state index contributed by atoms with van der Waals surface area (Å²) >= 11 is 0. The van der Waals surface area contributed by atoms with Crippen LogP contribution in [0, 0.1) is 11.7 Å². The van der Waals surface area contributed by atoms with Crippen LogP contribution in [0.5, 0.6) is 5.75 Å². The average molecular weight is 408 g/mol. The van der Waals surface area contributed by atoms with Crippen LogP contribution in [0.4, 0.5) is 14.9 Å². The van der Waals surface area contributed by atoms with E-state index < -0.39 is 18.0 Å². The molecule has 1 aromatic carbocycles. The number of nitrogens with zero attached hydrogens (tertiary/aromatic N) is 2. The van der Waals surface area contributed by atoms with Gasteiger partial charge in [-0.3, -0.25) is 9.69 Å². The standard InChI is InChI=1S/C20H29FN4O4/c1-14(26)23-11-17-13-25(20(27)29-17)16-3-4-19(18(21)9-16)28-8-7-24(2)12-15-5-6-22-10-15/h3-4,9,15,17,22H,5-8,10-13H2,1-2H3,(H,23,26)/t15-,17-/m0/s1. The molecule has 2 aliphatic rings. The molecule has 0 bridgehead atoms. The molecule has 0 saturated carbocycles. The second kappa shape index (κ2) is 9.89. The van der Waals surface area contributed by atoms with Crippen LogP contribution in [-0.4, -0.2) is 75.9 Å². The monoisotopic (exact) mass is 408 g/mol. The summed E-state index contributed by atoms with van der Waals surface area (Å²) in [4.78, 5) is 26.6. The van der Waals surface area contributed by atoms with Crippen molar-refractivity contribution in [2.75, 3.05) is 57.8 Å². The van der Waals surface area contributed by atoms with Gasteiger partial charge >= 0.3 is 6.09 Å². The maximum atomic E-state index is 14.5. The number of rotatable bonds is 9. The maximum Gasteiger partial charge on any atom is 0.414 e. The molecule has 2 heterocycles. The lowest BCUT2D eigenvalue weighted by Gasteiger charge is -2.20. The van der Waals surface area contributed by atoms with Gasteiger partial charge in [0.2, 0.25) is 5.91 Å². The summed E-state index contributed by atoms with van der Waals surface area (Å²) in [5.74, 6) is 0.0959. The van der Waals surface area contributed by atoms with Crippen molar-refractivity contribution >= 4 is 17.7 Å². The zero-order valence-electron chi connectivity index (χ0n) is 16.9. The van der Waals surface area contributed by atoms with Gasteiger partial charge in [0.15, 0.2) is 11.6 Å². The van der Waals surface area contributed by atoms with E-state index in [0.717, 1.165) is 19.6 Å². The van der Waals surface area contributed by atoms with Crippen molar-refractivity contribution in [3.63, 3.8) is 0 Å². The lowest BCUT2D eigenvalue weighted by Crippen LogP contribution is -2.33. The summed E-state index contributed by atoms with van der Waals surface area (Å²) in [6, 6.07) is 4.43. The Hall–Kier alpha value is -2.39. The normalized spacial score (nSPS) is 21.5. The predicted octanol–water partition coefficient (Wildman–Crippen LogP) is 1.21. The molecule has 29 heavy (non-hydrogen) atoms. The molecule has 160 valence electrons. The largest absolute Gasteiger partial charge is 0.489 e. The van der Waals surface area contributed by atoms with Crippen molar-refractivity contribution in [2.45, 2.75) is 19.4 Å². The fourth-order valence-electron chi connectivity index (χ4n) is 3.58. The van der Waals surface area contributed by atoms with Gasteiger partial charge < -0.3 is 25.0 Å². The molecule has 3 rings (SSSR count). The van der Waals surface area contributed by atoms with Crippen LogP contribution in [0.15, 0.2) is 18.2 Å². The van der Waals surface area contributed by atoms with Gasteiger partial charge in [-0.25, -0.2) is 9.18 Å². The Balaban J connectivity index is 1.48. The van der Waals surface area contributed by atoms with Crippen LogP contribution in [0.3, 0.4) is 0 Å². The molecule has 2 fully saturated rings. The van der Waals surface area contributed by atoms with E-state index in [-0.39, 0.29) is 24.7 Å². The van der Waals surface area contributed by atoms with Gasteiger partial charge in [-0.1, -0.05) is 0 Å². The molecular weight excluding hydrogens is 379 g/mol. The van der Waals surface area contributed by atoms with Gasteiger partial charge in [-0.05, 0) is 44.6 Å². The second-order valence-corrected chi connectivity index (χ2v) is 7.64. The van der Waals surface area contributed by atoms with Crippen LogP contribution in [0.2, 0.25) is 0 Å². The van der Waals surface area contributed by atoms with Gasteiger partial charge in [-0.2, -0.15) is 0 Å². The predicted molar refractivity (Wildman–Crippen MR) is 107 cm³/mol. The van der Waals surface area contributed by atoms with E-state index >= 15 is 0 Å². The minimum absolute atomic E-state index is 0.159. The number of halogens is 1. The quantitative estimate of drug-likeness (QED) is 0.639. The van der Waals surface area contributed by atoms with Crippen LogP contribution in [0.1, 0.15) is 13.3 Å². The van der Waals surface area contributed by atoms with E-state index in [1.807, 2.05) is 7.05 Å². The Morgan fingerprint density at radius 1 is 1.48 bits per heavy atom. The summed E-state index contributed by atoms with van der Waals surface area (Å²) in [6.45, 7) is 6.08. The molecule has 8 nitrogen and oxygen atoms in total. The van der Waals surface area contributed by atoms with E-state index in [4.69, 9.17) is 9.47 Å². The van der Waals surface area contributed by atoms with Gasteiger partial charge in [0.05, 0.1) is 18.8 Å². The number of carbonyl (C=O) groups is 2. The van der Waals surface area contributed by atoms with Crippen LogP contribution in [0.25, 0.3) is 0 Å². The number of anilines is 1. The van der Waals surface area contributed by atoms with E-state index in [1.165, 1.54) is 30.4 Å². The second-order valence-electron chi connectivity index (χ2n) is 7.64. The molecule has 2 saturated heterocycles. The highest BCUT2D eigenvalue weighted by molar-refractivity contribution is 5.89. The van der Waals surface area contributed by atoms with Crippen LogP contribution in [-0.2, 0) is 9.53 Å². The van der Waals surface area contributed by atoms with Crippen LogP contribution < -0.4 is 20.3 Å². The molecule has 2 atom stereocenters. The molecule has 9 heteroatoms. The Labute approximate surface area is 170 Å². The summed E-state index contributed by atoms with van der Waals surface area (Å²) in [5.41, 5.74) is 0.399. The van der Waals surface area contributed by atoms with Gasteiger partial charge in [0.1, 0.15) is 12.7 Å². The zero-order chi connectivity index (χ0) is 20.8. The molecule has 0 aromatic heterocycles. The molecule has 0 spiro atoms. The molecule has 1 aromatic rings. The Bertz CT molecular complexity index is 726. The fourth-order valence-corrected chi connectivity index (χ4v) is 3.58. The first-order valence-electron chi connectivity index (χ1n) is 9.96. The van der Waals surface area contributed by atoms with E-state index in [0.29, 0.717) is 24.8 Å². The van der Waals surface area contributed by atoms with Gasteiger partial charge in [0.25, 0.3) is 0 Å². The molecular formula is C20H29FN4O4. The lowest BCUT2D eigenvalue weighted by molar-refractivity contribution is -0.119. The average Bonchev–Trinajstić information content (AvgIpc) is 3.30. The minimum Gasteiger partial charge on any atom is -0.489 e. The number of carbonyl (C=O) groups excluding carboxylic acids is 2. The highest BCUT2D eigenvalue weighted by atomic mass is 19.1. The third-order valence-corrected chi connectivity index (χ3v) is 5.14. The molecule has 0 radical (unpaired) electrons. The van der Waals surface area contributed by atoms with Crippen molar-refractivity contribution < 1.29 is 23.5 Å². The number of likely N-dealkylation sites (N-methyl/N-ethyl adjacent to an activating group) is 1. The summed E-state index contributed by atoms with van der Waals surface area (Å²) < 4.78 is 25.2. The summed E-state index contributed by atoms with van der Waals surface area (Å²) in [5, 5.41) is 5.96. The lowest BCUT2D eigenvalue weighted by atomic mass is 10.1. The summed E-state index contributed by atoms with van der Waals surface area (Å²) in [6.07, 6.45) is 0.166. The Morgan fingerprint density at radius 2 is 2.31 bits per heavy atom. The molecule has 0 unspecified atom stereocenters. The third-order valence-electron chi connectivity index (χ3n) is 5.14. The zero-order valence-corrected chi connectivity index (χ0v) is 16.9. The highest BCUT2D eigenvalue weighted by Crippen LogP contribution is 2.27. The van der Waals surface area contributed by atoms with E-state index in [9.17, 15) is 14.0 Å². The first kappa shape index (κ1) is 21.3. The molecule has 2 amide bonds. The van der Waals surface area contributed by atoms with Gasteiger partial charge in [-0.15, -0.1) is 0 Å². The number of ether oxygens (including phenoxy) is 2. The first-order valence-corrected chi connectivity index (χ1v) is 9.96. The van der Waals surface area contributed by atoms with Crippen molar-refractivity contribution in [1.29, 1.82) is 0 Å². The SMILES string of the molecule is CC(=O)NC[C@H]1CN(c2ccc(OCCN(C)C[C@H]3CCNC3)c(F)c2)C(=O)O1. The molecule has 2 N–H and O–H groups in total. The number of amides is 2. The van der Waals surface area contributed by atoms with Crippen LogP contribution >= 0.6 is 0 Å². The number of hydrogen-bond donors (Lipinski definition) is 2. The fraction of sp³-hybridized carbons (Fsp3) is 0.600. The highest BCUT2D eigenvalue weighted by Gasteiger charge is 2.32. The summed E-state index contributed by atoms with van der Waals surface area (Å²) in [7, 11) is 2.04. The smallest absolute Gasteiger partial charge is 0.414 e.